The third-order valence-corrected chi connectivity index (χ3v) is 4.20. The number of nitrogens with one attached hydrogen (secondary N) is 1. The fraction of sp³-hybridized carbons (Fsp3) is 0.500. The van der Waals surface area contributed by atoms with E-state index in [4.69, 9.17) is 21.7 Å². The second-order valence-electron chi connectivity index (χ2n) is 5.57. The van der Waals surface area contributed by atoms with Crippen molar-refractivity contribution in [2.75, 3.05) is 13.2 Å². The molecule has 1 atom stereocenters. The van der Waals surface area contributed by atoms with Gasteiger partial charge in [-0.2, -0.15) is 13.9 Å². The molecule has 0 bridgehead atoms. The van der Waals surface area contributed by atoms with Gasteiger partial charge in [-0.15, -0.1) is 0 Å². The Hall–Kier alpha value is -2.00. The number of hydrogen-bond acceptors (Lipinski definition) is 5. The molecule has 6 nitrogen and oxygen atoms in total. The summed E-state index contributed by atoms with van der Waals surface area (Å²) < 4.78 is 43.0. The number of rotatable bonds is 7. The molecule has 136 valence electrons. The van der Waals surface area contributed by atoms with E-state index in [0.29, 0.717) is 29.3 Å². The Morgan fingerprint density at radius 2 is 2.28 bits per heavy atom. The number of ether oxygens (including phenoxy) is 3. The van der Waals surface area contributed by atoms with Gasteiger partial charge in [0.2, 0.25) is 0 Å². The Morgan fingerprint density at radius 3 is 2.96 bits per heavy atom. The molecule has 0 saturated carbocycles. The number of aromatic amines is 1. The van der Waals surface area contributed by atoms with E-state index in [-0.39, 0.29) is 17.6 Å². The van der Waals surface area contributed by atoms with Crippen LogP contribution in [-0.2, 0) is 11.3 Å². The molecule has 9 heteroatoms. The summed E-state index contributed by atoms with van der Waals surface area (Å²) in [5.41, 5.74) is 0.690. The van der Waals surface area contributed by atoms with Crippen molar-refractivity contribution in [1.29, 1.82) is 0 Å². The zero-order valence-corrected chi connectivity index (χ0v) is 14.5. The van der Waals surface area contributed by atoms with E-state index in [1.54, 1.807) is 19.1 Å². The number of H-pyrrole nitrogens is 1. The van der Waals surface area contributed by atoms with Crippen LogP contribution in [0.15, 0.2) is 18.2 Å². The Morgan fingerprint density at radius 1 is 1.44 bits per heavy atom. The molecule has 2 heterocycles. The van der Waals surface area contributed by atoms with Crippen LogP contribution in [0.2, 0.25) is 0 Å². The molecular formula is C16H19F2N3O3S. The summed E-state index contributed by atoms with van der Waals surface area (Å²) in [6, 6.07) is 4.72. The van der Waals surface area contributed by atoms with Crippen molar-refractivity contribution in [3.8, 4) is 22.9 Å². The zero-order valence-electron chi connectivity index (χ0n) is 13.7. The van der Waals surface area contributed by atoms with Gasteiger partial charge < -0.3 is 14.2 Å². The highest BCUT2D eigenvalue weighted by molar-refractivity contribution is 7.71. The number of halogens is 2. The highest BCUT2D eigenvalue weighted by atomic mass is 32.1. The first-order valence-electron chi connectivity index (χ1n) is 8.07. The quantitative estimate of drug-likeness (QED) is 0.751. The molecule has 1 aromatic heterocycles. The highest BCUT2D eigenvalue weighted by Gasteiger charge is 2.20. The average molecular weight is 371 g/mol. The summed E-state index contributed by atoms with van der Waals surface area (Å²) in [5.74, 6) is 0.823. The average Bonchev–Trinajstić information content (AvgIpc) is 3.20. The summed E-state index contributed by atoms with van der Waals surface area (Å²) in [7, 11) is 0. The molecule has 1 aromatic carbocycles. The number of nitrogens with zero attached hydrogens (tertiary/aromatic N) is 2. The van der Waals surface area contributed by atoms with Gasteiger partial charge in [-0.3, -0.25) is 9.67 Å². The van der Waals surface area contributed by atoms with Crippen molar-refractivity contribution >= 4 is 12.2 Å². The molecule has 25 heavy (non-hydrogen) atoms. The molecule has 1 saturated heterocycles. The summed E-state index contributed by atoms with van der Waals surface area (Å²) in [6.07, 6.45) is 2.09. The molecule has 3 rings (SSSR count). The molecule has 0 spiro atoms. The van der Waals surface area contributed by atoms with Crippen LogP contribution < -0.4 is 9.47 Å². The molecule has 1 fully saturated rings. The van der Waals surface area contributed by atoms with Gasteiger partial charge in [0.05, 0.1) is 19.3 Å². The third kappa shape index (κ3) is 4.16. The minimum absolute atomic E-state index is 0.0135. The number of benzene rings is 1. The molecule has 2 aromatic rings. The summed E-state index contributed by atoms with van der Waals surface area (Å²) in [6.45, 7) is 0.514. The zero-order chi connectivity index (χ0) is 17.8. The topological polar surface area (TPSA) is 61.3 Å². The smallest absolute Gasteiger partial charge is 0.387 e. The van der Waals surface area contributed by atoms with E-state index in [2.05, 4.69) is 14.9 Å². The molecular weight excluding hydrogens is 352 g/mol. The summed E-state index contributed by atoms with van der Waals surface area (Å²) >= 11 is 5.31. The molecule has 0 amide bonds. The van der Waals surface area contributed by atoms with Crippen LogP contribution in [0.3, 0.4) is 0 Å². The standard InChI is InChI=1S/C16H19F2N3O3S/c1-2-22-13-8-10(5-6-12(13)24-15(17)18)14-19-20-16(25)21(14)9-11-4-3-7-23-11/h5-6,8,11,15H,2-4,7,9H2,1H3,(H,20,25)/t11-/m1/s1. The lowest BCUT2D eigenvalue weighted by Crippen LogP contribution is -2.16. The van der Waals surface area contributed by atoms with E-state index >= 15 is 0 Å². The normalized spacial score (nSPS) is 17.2. The highest BCUT2D eigenvalue weighted by Crippen LogP contribution is 2.33. The second kappa shape index (κ2) is 7.92. The Bertz CT molecular complexity index is 772. The number of aromatic nitrogens is 3. The predicted molar refractivity (Wildman–Crippen MR) is 89.6 cm³/mol. The summed E-state index contributed by atoms with van der Waals surface area (Å²) in [5, 5.41) is 7.04. The van der Waals surface area contributed by atoms with Crippen LogP contribution in [-0.4, -0.2) is 40.7 Å². The van der Waals surface area contributed by atoms with E-state index in [9.17, 15) is 8.78 Å². The van der Waals surface area contributed by atoms with Crippen molar-refractivity contribution in [3.63, 3.8) is 0 Å². The van der Waals surface area contributed by atoms with E-state index in [1.165, 1.54) is 6.07 Å². The molecule has 0 aliphatic carbocycles. The van der Waals surface area contributed by atoms with Gasteiger partial charge in [-0.25, -0.2) is 0 Å². The molecule has 1 aliphatic heterocycles. The van der Waals surface area contributed by atoms with Crippen molar-refractivity contribution in [2.45, 2.75) is 39.0 Å². The third-order valence-electron chi connectivity index (χ3n) is 3.89. The lowest BCUT2D eigenvalue weighted by Gasteiger charge is -2.14. The van der Waals surface area contributed by atoms with Crippen molar-refractivity contribution in [1.82, 2.24) is 14.8 Å². The summed E-state index contributed by atoms with van der Waals surface area (Å²) in [4.78, 5) is 0. The number of alkyl halides is 2. The van der Waals surface area contributed by atoms with Crippen LogP contribution in [0.4, 0.5) is 8.78 Å². The number of hydrogen-bond donors (Lipinski definition) is 1. The molecule has 0 radical (unpaired) electrons. The van der Waals surface area contributed by atoms with Crippen molar-refractivity contribution in [3.05, 3.63) is 23.0 Å². The second-order valence-corrected chi connectivity index (χ2v) is 5.96. The van der Waals surface area contributed by atoms with Crippen LogP contribution in [0, 0.1) is 4.77 Å². The van der Waals surface area contributed by atoms with E-state index < -0.39 is 6.61 Å². The first-order valence-corrected chi connectivity index (χ1v) is 8.48. The van der Waals surface area contributed by atoms with Gasteiger partial charge in [0, 0.05) is 12.2 Å². The monoisotopic (exact) mass is 371 g/mol. The van der Waals surface area contributed by atoms with Crippen molar-refractivity contribution in [2.24, 2.45) is 0 Å². The fourth-order valence-electron chi connectivity index (χ4n) is 2.81. The fourth-order valence-corrected chi connectivity index (χ4v) is 3.01. The predicted octanol–water partition coefficient (Wildman–Crippen LogP) is 3.79. The van der Waals surface area contributed by atoms with Gasteiger partial charge in [-0.1, -0.05) is 0 Å². The first kappa shape index (κ1) is 17.8. The van der Waals surface area contributed by atoms with Crippen LogP contribution in [0.5, 0.6) is 11.5 Å². The lowest BCUT2D eigenvalue weighted by atomic mass is 10.1. The van der Waals surface area contributed by atoms with Gasteiger partial charge >= 0.3 is 6.61 Å². The van der Waals surface area contributed by atoms with Gasteiger partial charge in [0.15, 0.2) is 22.1 Å². The van der Waals surface area contributed by atoms with Crippen molar-refractivity contribution < 1.29 is 23.0 Å². The maximum absolute atomic E-state index is 12.5. The van der Waals surface area contributed by atoms with E-state index in [1.807, 2.05) is 4.57 Å². The molecule has 1 N–H and O–H groups in total. The van der Waals surface area contributed by atoms with Gasteiger partial charge in [0.1, 0.15) is 0 Å². The Labute approximate surface area is 148 Å². The molecule has 0 unspecified atom stereocenters. The minimum atomic E-state index is -2.92. The van der Waals surface area contributed by atoms with Crippen LogP contribution >= 0.6 is 12.2 Å². The maximum Gasteiger partial charge on any atom is 0.387 e. The van der Waals surface area contributed by atoms with Gasteiger partial charge in [-0.05, 0) is 50.2 Å². The van der Waals surface area contributed by atoms with Crippen LogP contribution in [0.25, 0.3) is 11.4 Å². The van der Waals surface area contributed by atoms with E-state index in [0.717, 1.165) is 19.4 Å². The maximum atomic E-state index is 12.5. The first-order chi connectivity index (χ1) is 12.1. The Kier molecular flexibility index (Phi) is 5.64. The largest absolute Gasteiger partial charge is 0.490 e. The minimum Gasteiger partial charge on any atom is -0.490 e. The molecule has 1 aliphatic rings. The van der Waals surface area contributed by atoms with Gasteiger partial charge in [0.25, 0.3) is 0 Å². The Balaban J connectivity index is 1.93. The SMILES string of the molecule is CCOc1cc(-c2n[nH]c(=S)n2C[C@H]2CCCO2)ccc1OC(F)F. The van der Waals surface area contributed by atoms with Crippen LogP contribution in [0.1, 0.15) is 19.8 Å². The lowest BCUT2D eigenvalue weighted by molar-refractivity contribution is -0.0514.